The van der Waals surface area contributed by atoms with Gasteiger partial charge in [-0.1, -0.05) is 13.8 Å². The minimum absolute atomic E-state index is 0.431. The number of carbonyl (C=O) groups is 1. The van der Waals surface area contributed by atoms with Crippen LogP contribution in [0.5, 0.6) is 0 Å². The molecular weight excluding hydrogens is 222 g/mol. The summed E-state index contributed by atoms with van der Waals surface area (Å²) in [6.07, 6.45) is 1.27. The Morgan fingerprint density at radius 2 is 2.06 bits per heavy atom. The van der Waals surface area contributed by atoms with Gasteiger partial charge in [0.05, 0.1) is 0 Å². The minimum atomic E-state index is -0.825. The summed E-state index contributed by atoms with van der Waals surface area (Å²) >= 11 is 1.31. The molecule has 0 amide bonds. The summed E-state index contributed by atoms with van der Waals surface area (Å²) in [6, 6.07) is 1.79. The average molecular weight is 239 g/mol. The van der Waals surface area contributed by atoms with E-state index < -0.39 is 5.97 Å². The number of hydrogen-bond acceptors (Lipinski definition) is 3. The predicted molar refractivity (Wildman–Crippen MR) is 66.4 cm³/mol. The molecule has 0 spiro atoms. The maximum atomic E-state index is 10.8. The van der Waals surface area contributed by atoms with Crippen LogP contribution in [-0.4, -0.2) is 24.2 Å². The summed E-state index contributed by atoms with van der Waals surface area (Å²) in [5.41, 5.74) is 1.07. The molecule has 1 aromatic rings. The molecule has 0 bridgehead atoms. The van der Waals surface area contributed by atoms with E-state index in [1.54, 1.807) is 6.07 Å². The van der Waals surface area contributed by atoms with E-state index in [0.717, 1.165) is 18.8 Å². The number of hydrogen-bond donors (Lipinski definition) is 1. The first-order valence-corrected chi connectivity index (χ1v) is 6.51. The number of rotatable bonds is 2. The normalized spacial score (nSPS) is 25.8. The fourth-order valence-electron chi connectivity index (χ4n) is 2.48. The molecule has 1 fully saturated rings. The lowest BCUT2D eigenvalue weighted by molar-refractivity contribution is 0.0702. The predicted octanol–water partition coefficient (Wildman–Crippen LogP) is 2.93. The maximum Gasteiger partial charge on any atom is 0.345 e. The van der Waals surface area contributed by atoms with Gasteiger partial charge in [-0.25, -0.2) is 4.79 Å². The second-order valence-corrected chi connectivity index (χ2v) is 5.74. The third-order valence-electron chi connectivity index (χ3n) is 3.03. The van der Waals surface area contributed by atoms with Gasteiger partial charge in [-0.05, 0) is 24.3 Å². The SMILES string of the molecule is CC1CC(C)CN(c2csc(C(=O)O)c2)C1. The molecule has 88 valence electrons. The van der Waals surface area contributed by atoms with Gasteiger partial charge in [-0.15, -0.1) is 11.3 Å². The van der Waals surface area contributed by atoms with Crippen molar-refractivity contribution in [2.75, 3.05) is 18.0 Å². The molecule has 2 heterocycles. The summed E-state index contributed by atoms with van der Waals surface area (Å²) in [5, 5.41) is 10.8. The fraction of sp³-hybridized carbons (Fsp3) is 0.583. The first-order valence-electron chi connectivity index (χ1n) is 5.63. The summed E-state index contributed by atoms with van der Waals surface area (Å²) in [6.45, 7) is 6.60. The number of aromatic carboxylic acids is 1. The lowest BCUT2D eigenvalue weighted by atomic mass is 9.92. The zero-order valence-corrected chi connectivity index (χ0v) is 10.5. The van der Waals surface area contributed by atoms with E-state index in [-0.39, 0.29) is 0 Å². The molecule has 1 N–H and O–H groups in total. The monoisotopic (exact) mass is 239 g/mol. The molecule has 2 rings (SSSR count). The van der Waals surface area contributed by atoms with Crippen LogP contribution >= 0.6 is 11.3 Å². The number of piperidine rings is 1. The van der Waals surface area contributed by atoms with Crippen molar-refractivity contribution in [2.24, 2.45) is 11.8 Å². The summed E-state index contributed by atoms with van der Waals surface area (Å²) in [7, 11) is 0. The average Bonchev–Trinajstić information content (AvgIpc) is 2.64. The Kier molecular flexibility index (Phi) is 3.19. The molecule has 1 aromatic heterocycles. The van der Waals surface area contributed by atoms with Gasteiger partial charge in [0.25, 0.3) is 0 Å². The molecule has 1 saturated heterocycles. The van der Waals surface area contributed by atoms with Gasteiger partial charge in [0.2, 0.25) is 0 Å². The Morgan fingerprint density at radius 1 is 1.44 bits per heavy atom. The van der Waals surface area contributed by atoms with Crippen molar-refractivity contribution in [3.05, 3.63) is 16.3 Å². The number of thiophene rings is 1. The summed E-state index contributed by atoms with van der Waals surface area (Å²) in [5.74, 6) is 0.559. The third kappa shape index (κ3) is 2.38. The van der Waals surface area contributed by atoms with Crippen molar-refractivity contribution < 1.29 is 9.90 Å². The smallest absolute Gasteiger partial charge is 0.345 e. The quantitative estimate of drug-likeness (QED) is 0.862. The lowest BCUT2D eigenvalue weighted by Crippen LogP contribution is -2.38. The number of carboxylic acid groups (broad SMARTS) is 1. The molecule has 2 unspecified atom stereocenters. The Morgan fingerprint density at radius 3 is 2.56 bits per heavy atom. The van der Waals surface area contributed by atoms with Crippen molar-refractivity contribution in [1.82, 2.24) is 0 Å². The van der Waals surface area contributed by atoms with Crippen molar-refractivity contribution in [2.45, 2.75) is 20.3 Å². The van der Waals surface area contributed by atoms with E-state index >= 15 is 0 Å². The zero-order valence-electron chi connectivity index (χ0n) is 9.64. The van der Waals surface area contributed by atoms with Gasteiger partial charge in [-0.2, -0.15) is 0 Å². The fourth-order valence-corrected chi connectivity index (χ4v) is 3.23. The second kappa shape index (κ2) is 4.45. The van der Waals surface area contributed by atoms with Crippen molar-refractivity contribution in [3.8, 4) is 0 Å². The standard InChI is InChI=1S/C12H17NO2S/c1-8-3-9(2)6-13(5-8)10-4-11(12(14)15)16-7-10/h4,7-9H,3,5-6H2,1-2H3,(H,14,15). The summed E-state index contributed by atoms with van der Waals surface area (Å²) in [4.78, 5) is 13.6. The molecule has 1 aliphatic heterocycles. The number of nitrogens with zero attached hydrogens (tertiary/aromatic N) is 1. The van der Waals surface area contributed by atoms with Crippen LogP contribution in [0.4, 0.5) is 5.69 Å². The van der Waals surface area contributed by atoms with Gasteiger partial charge < -0.3 is 10.0 Å². The molecule has 0 radical (unpaired) electrons. The van der Waals surface area contributed by atoms with Crippen LogP contribution in [0.3, 0.4) is 0 Å². The van der Waals surface area contributed by atoms with Crippen LogP contribution in [0.25, 0.3) is 0 Å². The Bertz CT molecular complexity index is 378. The molecule has 1 aliphatic rings. The van der Waals surface area contributed by atoms with Crippen molar-refractivity contribution in [3.63, 3.8) is 0 Å². The number of anilines is 1. The second-order valence-electron chi connectivity index (χ2n) is 4.83. The first-order chi connectivity index (χ1) is 7.56. The van der Waals surface area contributed by atoms with Gasteiger partial charge in [0, 0.05) is 24.2 Å². The molecule has 16 heavy (non-hydrogen) atoms. The molecule has 4 heteroatoms. The van der Waals surface area contributed by atoms with Crippen LogP contribution in [0, 0.1) is 11.8 Å². The Balaban J connectivity index is 2.13. The zero-order chi connectivity index (χ0) is 11.7. The molecule has 0 aromatic carbocycles. The van der Waals surface area contributed by atoms with Crippen LogP contribution in [0.15, 0.2) is 11.4 Å². The molecular formula is C12H17NO2S. The van der Waals surface area contributed by atoms with Gasteiger partial charge in [-0.3, -0.25) is 0 Å². The van der Waals surface area contributed by atoms with Crippen LogP contribution < -0.4 is 4.90 Å². The van der Waals surface area contributed by atoms with Gasteiger partial charge >= 0.3 is 5.97 Å². The maximum absolute atomic E-state index is 10.8. The van der Waals surface area contributed by atoms with Crippen LogP contribution in [-0.2, 0) is 0 Å². The number of carboxylic acids is 1. The molecule has 0 saturated carbocycles. The first kappa shape index (κ1) is 11.5. The summed E-state index contributed by atoms with van der Waals surface area (Å²) < 4.78 is 0. The topological polar surface area (TPSA) is 40.5 Å². The van der Waals surface area contributed by atoms with E-state index in [4.69, 9.17) is 5.11 Å². The minimum Gasteiger partial charge on any atom is -0.477 e. The van der Waals surface area contributed by atoms with Crippen molar-refractivity contribution >= 4 is 23.0 Å². The molecule has 3 nitrogen and oxygen atoms in total. The van der Waals surface area contributed by atoms with Crippen LogP contribution in [0.2, 0.25) is 0 Å². The molecule has 2 atom stereocenters. The highest BCUT2D eigenvalue weighted by Gasteiger charge is 2.23. The van der Waals surface area contributed by atoms with E-state index in [1.165, 1.54) is 17.8 Å². The van der Waals surface area contributed by atoms with Crippen molar-refractivity contribution in [1.29, 1.82) is 0 Å². The highest BCUT2D eigenvalue weighted by molar-refractivity contribution is 7.12. The Hall–Kier alpha value is -1.03. The third-order valence-corrected chi connectivity index (χ3v) is 3.94. The van der Waals surface area contributed by atoms with Crippen LogP contribution in [0.1, 0.15) is 29.9 Å². The van der Waals surface area contributed by atoms with E-state index in [1.807, 2.05) is 5.38 Å². The van der Waals surface area contributed by atoms with Gasteiger partial charge in [0.1, 0.15) is 4.88 Å². The van der Waals surface area contributed by atoms with E-state index in [9.17, 15) is 4.79 Å². The largest absolute Gasteiger partial charge is 0.477 e. The Labute approximate surface area is 99.7 Å². The molecule has 0 aliphatic carbocycles. The van der Waals surface area contributed by atoms with E-state index in [2.05, 4.69) is 18.7 Å². The lowest BCUT2D eigenvalue weighted by Gasteiger charge is -2.35. The highest BCUT2D eigenvalue weighted by atomic mass is 32.1. The highest BCUT2D eigenvalue weighted by Crippen LogP contribution is 2.29. The van der Waals surface area contributed by atoms with Gasteiger partial charge in [0.15, 0.2) is 0 Å². The van der Waals surface area contributed by atoms with E-state index in [0.29, 0.717) is 16.7 Å².